The van der Waals surface area contributed by atoms with Gasteiger partial charge in [-0.25, -0.2) is 9.37 Å². The van der Waals surface area contributed by atoms with Crippen molar-refractivity contribution in [1.29, 1.82) is 0 Å². The van der Waals surface area contributed by atoms with Crippen LogP contribution in [0.1, 0.15) is 18.3 Å². The van der Waals surface area contributed by atoms with Gasteiger partial charge in [-0.05, 0) is 43.7 Å². The van der Waals surface area contributed by atoms with E-state index in [9.17, 15) is 9.18 Å². The van der Waals surface area contributed by atoms with Crippen molar-refractivity contribution in [2.24, 2.45) is 0 Å². The van der Waals surface area contributed by atoms with Gasteiger partial charge in [-0.15, -0.1) is 0 Å². The maximum absolute atomic E-state index is 14.4. The minimum Gasteiger partial charge on any atom is -0.479 e. The maximum Gasteiger partial charge on any atom is 0.261 e. The first-order valence-corrected chi connectivity index (χ1v) is 9.29. The maximum atomic E-state index is 14.4. The fourth-order valence-electron chi connectivity index (χ4n) is 2.64. The number of carbonyl (C=O) groups excluding carboxylic acids is 1. The number of imidazole rings is 1. The lowest BCUT2D eigenvalue weighted by Gasteiger charge is -2.16. The number of ether oxygens (including phenoxy) is 1. The molecule has 8 heteroatoms. The summed E-state index contributed by atoms with van der Waals surface area (Å²) in [6, 6.07) is 9.72. The van der Waals surface area contributed by atoms with Crippen LogP contribution in [-0.2, 0) is 11.3 Å². The van der Waals surface area contributed by atoms with Crippen LogP contribution in [0.3, 0.4) is 0 Å². The minimum absolute atomic E-state index is 0.163. The minimum atomic E-state index is -0.798. The van der Waals surface area contributed by atoms with Crippen LogP contribution in [0.4, 0.5) is 4.39 Å². The largest absolute Gasteiger partial charge is 0.479 e. The van der Waals surface area contributed by atoms with Crippen LogP contribution in [0.15, 0.2) is 48.8 Å². The third-order valence-corrected chi connectivity index (χ3v) is 4.95. The predicted octanol–water partition coefficient (Wildman–Crippen LogP) is 4.71. The van der Waals surface area contributed by atoms with Crippen LogP contribution >= 0.6 is 23.2 Å². The molecule has 0 aliphatic heterocycles. The zero-order valence-electron chi connectivity index (χ0n) is 15.2. The molecule has 0 fully saturated rings. The summed E-state index contributed by atoms with van der Waals surface area (Å²) in [6.07, 6.45) is 2.50. The van der Waals surface area contributed by atoms with E-state index in [2.05, 4.69) is 10.3 Å². The number of nitrogens with zero attached hydrogens (tertiary/aromatic N) is 2. The van der Waals surface area contributed by atoms with E-state index >= 15 is 0 Å². The highest BCUT2D eigenvalue weighted by molar-refractivity contribution is 6.42. The molecular weight excluding hydrogens is 404 g/mol. The van der Waals surface area contributed by atoms with E-state index in [-0.39, 0.29) is 17.5 Å². The SMILES string of the molecule is Cc1nccn1-c1ccc(CNC(=O)C(C)Oc2cccc(Cl)c2Cl)cc1F. The molecule has 2 aromatic carbocycles. The number of carbonyl (C=O) groups is 1. The molecule has 28 heavy (non-hydrogen) atoms. The highest BCUT2D eigenvalue weighted by Crippen LogP contribution is 2.32. The Morgan fingerprint density at radius 2 is 2.11 bits per heavy atom. The Labute approximate surface area is 172 Å². The molecule has 0 radical (unpaired) electrons. The molecule has 146 valence electrons. The molecule has 1 amide bonds. The Hall–Kier alpha value is -2.57. The lowest BCUT2D eigenvalue weighted by atomic mass is 10.2. The number of hydrogen-bond acceptors (Lipinski definition) is 3. The molecule has 3 rings (SSSR count). The highest BCUT2D eigenvalue weighted by Gasteiger charge is 2.17. The Kier molecular flexibility index (Phi) is 6.21. The third kappa shape index (κ3) is 4.46. The predicted molar refractivity (Wildman–Crippen MR) is 107 cm³/mol. The first-order valence-electron chi connectivity index (χ1n) is 8.54. The van der Waals surface area contributed by atoms with Crippen LogP contribution in [0.2, 0.25) is 10.0 Å². The van der Waals surface area contributed by atoms with E-state index in [0.717, 1.165) is 0 Å². The summed E-state index contributed by atoms with van der Waals surface area (Å²) in [4.78, 5) is 16.4. The standard InChI is InChI=1S/C20H18Cl2FN3O2/c1-12(28-18-5-3-4-15(21)19(18)22)20(27)25-11-14-6-7-17(16(23)10-14)26-9-8-24-13(26)2/h3-10,12H,11H2,1-2H3,(H,25,27). The van der Waals surface area contributed by atoms with Gasteiger partial charge in [0.15, 0.2) is 6.10 Å². The van der Waals surface area contributed by atoms with Crippen molar-refractivity contribution in [3.05, 3.63) is 76.0 Å². The van der Waals surface area contributed by atoms with Crippen LogP contribution in [0.5, 0.6) is 5.75 Å². The molecule has 0 aliphatic rings. The smallest absolute Gasteiger partial charge is 0.261 e. The number of aromatic nitrogens is 2. The molecule has 1 N–H and O–H groups in total. The monoisotopic (exact) mass is 421 g/mol. The molecule has 5 nitrogen and oxygen atoms in total. The second-order valence-corrected chi connectivity index (χ2v) is 6.95. The lowest BCUT2D eigenvalue weighted by molar-refractivity contribution is -0.127. The number of halogens is 3. The fourth-order valence-corrected chi connectivity index (χ4v) is 2.98. The van der Waals surface area contributed by atoms with E-state index in [4.69, 9.17) is 27.9 Å². The van der Waals surface area contributed by atoms with Gasteiger partial charge < -0.3 is 14.6 Å². The van der Waals surface area contributed by atoms with E-state index in [1.807, 2.05) is 0 Å². The molecule has 0 saturated carbocycles. The van der Waals surface area contributed by atoms with Crippen molar-refractivity contribution in [3.63, 3.8) is 0 Å². The van der Waals surface area contributed by atoms with Gasteiger partial charge in [-0.3, -0.25) is 4.79 Å². The average molecular weight is 422 g/mol. The number of rotatable bonds is 6. The number of nitrogens with one attached hydrogen (secondary N) is 1. The quantitative estimate of drug-likeness (QED) is 0.626. The first-order chi connectivity index (χ1) is 13.4. The molecule has 0 bridgehead atoms. The molecule has 0 spiro atoms. The van der Waals surface area contributed by atoms with Crippen molar-refractivity contribution in [2.75, 3.05) is 0 Å². The van der Waals surface area contributed by atoms with Gasteiger partial charge in [0.2, 0.25) is 0 Å². The van der Waals surface area contributed by atoms with Gasteiger partial charge in [0, 0.05) is 18.9 Å². The average Bonchev–Trinajstić information content (AvgIpc) is 3.09. The molecule has 1 atom stereocenters. The number of aryl methyl sites for hydroxylation is 1. The summed E-state index contributed by atoms with van der Waals surface area (Å²) in [5, 5.41) is 3.31. The molecule has 0 aliphatic carbocycles. The van der Waals surface area contributed by atoms with Crippen molar-refractivity contribution >= 4 is 29.1 Å². The van der Waals surface area contributed by atoms with E-state index in [1.54, 1.807) is 61.1 Å². The van der Waals surface area contributed by atoms with Crippen LogP contribution in [-0.4, -0.2) is 21.6 Å². The normalized spacial score (nSPS) is 11.9. The summed E-state index contributed by atoms with van der Waals surface area (Å²) in [5.74, 6) is 0.252. The van der Waals surface area contributed by atoms with Crippen LogP contribution < -0.4 is 10.1 Å². The number of benzene rings is 2. The highest BCUT2D eigenvalue weighted by atomic mass is 35.5. The summed E-state index contributed by atoms with van der Waals surface area (Å²) >= 11 is 12.0. The fraction of sp³-hybridized carbons (Fsp3) is 0.200. The summed E-state index contributed by atoms with van der Waals surface area (Å²) in [6.45, 7) is 3.55. The topological polar surface area (TPSA) is 56.2 Å². The van der Waals surface area contributed by atoms with Crippen molar-refractivity contribution < 1.29 is 13.9 Å². The van der Waals surface area contributed by atoms with Crippen molar-refractivity contribution in [1.82, 2.24) is 14.9 Å². The summed E-state index contributed by atoms with van der Waals surface area (Å²) in [7, 11) is 0. The molecule has 0 saturated heterocycles. The van der Waals surface area contributed by atoms with Crippen LogP contribution in [0, 0.1) is 12.7 Å². The van der Waals surface area contributed by atoms with Crippen molar-refractivity contribution in [3.8, 4) is 11.4 Å². The molecule has 1 unspecified atom stereocenters. The van der Waals surface area contributed by atoms with Crippen molar-refractivity contribution in [2.45, 2.75) is 26.5 Å². The van der Waals surface area contributed by atoms with E-state index < -0.39 is 11.9 Å². The van der Waals surface area contributed by atoms with Crippen LogP contribution in [0.25, 0.3) is 5.69 Å². The van der Waals surface area contributed by atoms with Gasteiger partial charge in [0.25, 0.3) is 5.91 Å². The first kappa shape index (κ1) is 20.2. The number of hydrogen-bond donors (Lipinski definition) is 1. The van der Waals surface area contributed by atoms with Gasteiger partial charge >= 0.3 is 0 Å². The number of amides is 1. The Balaban J connectivity index is 1.62. The second kappa shape index (κ2) is 8.63. The Bertz CT molecular complexity index is 1010. The van der Waals surface area contributed by atoms with Gasteiger partial charge in [0.1, 0.15) is 22.4 Å². The molecule has 1 heterocycles. The van der Waals surface area contributed by atoms with Gasteiger partial charge in [0.05, 0.1) is 10.7 Å². The second-order valence-electron chi connectivity index (χ2n) is 6.16. The zero-order chi connectivity index (χ0) is 20.3. The molecule has 1 aromatic heterocycles. The van der Waals surface area contributed by atoms with E-state index in [1.165, 1.54) is 6.07 Å². The summed E-state index contributed by atoms with van der Waals surface area (Å²) < 4.78 is 21.7. The van der Waals surface area contributed by atoms with Gasteiger partial charge in [-0.2, -0.15) is 0 Å². The molecule has 3 aromatic rings. The van der Waals surface area contributed by atoms with E-state index in [0.29, 0.717) is 27.8 Å². The lowest BCUT2D eigenvalue weighted by Crippen LogP contribution is -2.36. The Morgan fingerprint density at radius 1 is 1.32 bits per heavy atom. The van der Waals surface area contributed by atoms with Gasteiger partial charge in [-0.1, -0.05) is 35.3 Å². The third-order valence-electron chi connectivity index (χ3n) is 4.15. The summed E-state index contributed by atoms with van der Waals surface area (Å²) in [5.41, 5.74) is 1.03. The molecular formula is C20H18Cl2FN3O2. The Morgan fingerprint density at radius 3 is 2.79 bits per heavy atom. The zero-order valence-corrected chi connectivity index (χ0v) is 16.8.